The predicted octanol–water partition coefficient (Wildman–Crippen LogP) is 6.02. The standard InChI is InChI=1S/C37H36N2O6S2/c1-4-38(26-28-8-22-35(23-9-28)46(40,41)42)32-16-12-30(13-17-32)37(29-10-6-27(3)7-11-29)31-14-18-33(19-15-31)39(5-2)34-20-24-36(25-21-34)47(43,44)45/h6-25H,3-5,26H2,1-2H3,(H,40,41,42)(H,43,44,45). The first-order valence-electron chi connectivity index (χ1n) is 15.0. The first-order valence-corrected chi connectivity index (χ1v) is 17.9. The Kier molecular flexibility index (Phi) is 9.97. The fourth-order valence-corrected chi connectivity index (χ4v) is 6.46. The SMILES string of the molecule is C=c1ccc(=C(c2ccc(N(CC)Cc3ccc(S(=O)(=O)O)cc3)cc2)c2ccc(N(CC)c3ccc(S(=O)(=O)O)cc3)cc2)cc1. The largest absolute Gasteiger partial charge is 0.367 e. The predicted molar refractivity (Wildman–Crippen MR) is 188 cm³/mol. The van der Waals surface area contributed by atoms with E-state index in [4.69, 9.17) is 0 Å². The Balaban J connectivity index is 1.45. The second kappa shape index (κ2) is 13.9. The summed E-state index contributed by atoms with van der Waals surface area (Å²) in [5.74, 6) is 0. The maximum absolute atomic E-state index is 11.5. The van der Waals surface area contributed by atoms with Crippen molar-refractivity contribution >= 4 is 49.5 Å². The normalized spacial score (nSPS) is 11.7. The Hall–Kier alpha value is -4.74. The van der Waals surface area contributed by atoms with Crippen LogP contribution in [0, 0.1) is 0 Å². The summed E-state index contributed by atoms with van der Waals surface area (Å²) in [5.41, 5.74) is 6.75. The quantitative estimate of drug-likeness (QED) is 0.164. The lowest BCUT2D eigenvalue weighted by molar-refractivity contribution is 0.481. The molecule has 0 aliphatic heterocycles. The molecule has 10 heteroatoms. The zero-order chi connectivity index (χ0) is 33.8. The van der Waals surface area contributed by atoms with E-state index < -0.39 is 20.2 Å². The molecule has 0 fully saturated rings. The molecule has 0 aliphatic carbocycles. The lowest BCUT2D eigenvalue weighted by atomic mass is 9.94. The third kappa shape index (κ3) is 7.98. The van der Waals surface area contributed by atoms with E-state index in [0.29, 0.717) is 13.1 Å². The Morgan fingerprint density at radius 1 is 0.574 bits per heavy atom. The van der Waals surface area contributed by atoms with Crippen LogP contribution in [0.4, 0.5) is 17.1 Å². The van der Waals surface area contributed by atoms with E-state index in [0.717, 1.165) is 56.3 Å². The topological polar surface area (TPSA) is 115 Å². The second-order valence-corrected chi connectivity index (χ2v) is 13.9. The van der Waals surface area contributed by atoms with E-state index in [1.165, 1.54) is 24.3 Å². The maximum atomic E-state index is 11.5. The highest BCUT2D eigenvalue weighted by atomic mass is 32.2. The summed E-state index contributed by atoms with van der Waals surface area (Å²) in [6.45, 7) is 10.0. The van der Waals surface area contributed by atoms with Gasteiger partial charge in [0.2, 0.25) is 0 Å². The monoisotopic (exact) mass is 668 g/mol. The van der Waals surface area contributed by atoms with Crippen molar-refractivity contribution in [1.29, 1.82) is 0 Å². The lowest BCUT2D eigenvalue weighted by Crippen LogP contribution is -2.22. The summed E-state index contributed by atoms with van der Waals surface area (Å²) in [6.07, 6.45) is 0. The van der Waals surface area contributed by atoms with E-state index in [1.54, 1.807) is 24.3 Å². The van der Waals surface area contributed by atoms with Gasteiger partial charge in [0.05, 0.1) is 9.79 Å². The Labute approximate surface area is 276 Å². The summed E-state index contributed by atoms with van der Waals surface area (Å²) in [7, 11) is -8.51. The molecular formula is C37H36N2O6S2. The molecule has 47 heavy (non-hydrogen) atoms. The van der Waals surface area contributed by atoms with Gasteiger partial charge in [-0.1, -0.05) is 67.2 Å². The highest BCUT2D eigenvalue weighted by Crippen LogP contribution is 2.30. The molecule has 0 spiro atoms. The van der Waals surface area contributed by atoms with Crippen LogP contribution in [0.3, 0.4) is 0 Å². The summed E-state index contributed by atoms with van der Waals surface area (Å²) in [4.78, 5) is 3.95. The van der Waals surface area contributed by atoms with Crippen molar-refractivity contribution in [2.24, 2.45) is 0 Å². The van der Waals surface area contributed by atoms with Crippen molar-refractivity contribution in [3.8, 4) is 0 Å². The second-order valence-electron chi connectivity index (χ2n) is 11.0. The number of nitrogens with zero attached hydrogens (tertiary/aromatic N) is 2. The van der Waals surface area contributed by atoms with Crippen LogP contribution in [0.15, 0.2) is 131 Å². The van der Waals surface area contributed by atoms with Crippen LogP contribution < -0.4 is 20.2 Å². The first kappa shape index (κ1) is 33.6. The van der Waals surface area contributed by atoms with E-state index in [-0.39, 0.29) is 9.79 Å². The maximum Gasteiger partial charge on any atom is 0.294 e. The average molecular weight is 669 g/mol. The third-order valence-corrected chi connectivity index (χ3v) is 9.71. The van der Waals surface area contributed by atoms with Crippen molar-refractivity contribution in [2.45, 2.75) is 30.2 Å². The van der Waals surface area contributed by atoms with Gasteiger partial charge in [0.15, 0.2) is 0 Å². The highest BCUT2D eigenvalue weighted by Gasteiger charge is 2.15. The minimum absolute atomic E-state index is 0.131. The van der Waals surface area contributed by atoms with Crippen molar-refractivity contribution in [3.05, 3.63) is 148 Å². The molecule has 0 aromatic heterocycles. The number of hydrogen-bond acceptors (Lipinski definition) is 6. The van der Waals surface area contributed by atoms with E-state index in [9.17, 15) is 25.9 Å². The average Bonchev–Trinajstić information content (AvgIpc) is 3.06. The van der Waals surface area contributed by atoms with Crippen LogP contribution in [0.2, 0.25) is 0 Å². The van der Waals surface area contributed by atoms with Crippen LogP contribution in [0.1, 0.15) is 30.5 Å². The van der Waals surface area contributed by atoms with Gasteiger partial charge in [-0.3, -0.25) is 9.11 Å². The molecule has 5 aromatic carbocycles. The van der Waals surface area contributed by atoms with Crippen LogP contribution in [0.5, 0.6) is 0 Å². The van der Waals surface area contributed by atoms with Gasteiger partial charge in [0.25, 0.3) is 20.2 Å². The molecule has 0 amide bonds. The molecule has 5 rings (SSSR count). The first-order chi connectivity index (χ1) is 22.4. The van der Waals surface area contributed by atoms with E-state index in [1.807, 2.05) is 31.2 Å². The van der Waals surface area contributed by atoms with Crippen molar-refractivity contribution in [1.82, 2.24) is 0 Å². The Bertz CT molecular complexity index is 2160. The van der Waals surface area contributed by atoms with Gasteiger partial charge in [-0.25, -0.2) is 0 Å². The molecule has 0 unspecified atom stereocenters. The molecule has 0 saturated heterocycles. The third-order valence-electron chi connectivity index (χ3n) is 7.97. The Morgan fingerprint density at radius 2 is 1.00 bits per heavy atom. The molecule has 0 saturated carbocycles. The zero-order valence-electron chi connectivity index (χ0n) is 26.1. The number of rotatable bonds is 11. The van der Waals surface area contributed by atoms with Gasteiger partial charge in [-0.2, -0.15) is 16.8 Å². The minimum atomic E-state index is -4.27. The number of benzene rings is 5. The molecule has 5 aromatic rings. The zero-order valence-corrected chi connectivity index (χ0v) is 27.7. The smallest absolute Gasteiger partial charge is 0.294 e. The number of hydrogen-bond donors (Lipinski definition) is 2. The van der Waals surface area contributed by atoms with Gasteiger partial charge in [-0.15, -0.1) is 0 Å². The molecule has 0 radical (unpaired) electrons. The van der Waals surface area contributed by atoms with Crippen molar-refractivity contribution in [2.75, 3.05) is 22.9 Å². The van der Waals surface area contributed by atoms with Gasteiger partial charge >= 0.3 is 0 Å². The van der Waals surface area contributed by atoms with E-state index >= 15 is 0 Å². The highest BCUT2D eigenvalue weighted by molar-refractivity contribution is 7.86. The molecule has 8 nitrogen and oxygen atoms in total. The van der Waals surface area contributed by atoms with Gasteiger partial charge in [0, 0.05) is 36.7 Å². The van der Waals surface area contributed by atoms with Crippen LogP contribution in [-0.2, 0) is 26.8 Å². The van der Waals surface area contributed by atoms with Crippen LogP contribution in [0.25, 0.3) is 12.2 Å². The molecule has 0 atom stereocenters. The molecule has 2 N–H and O–H groups in total. The van der Waals surface area contributed by atoms with Crippen molar-refractivity contribution in [3.63, 3.8) is 0 Å². The summed E-state index contributed by atoms with van der Waals surface area (Å²) in [5, 5.41) is 1.96. The molecular weight excluding hydrogens is 633 g/mol. The lowest BCUT2D eigenvalue weighted by Gasteiger charge is -2.24. The minimum Gasteiger partial charge on any atom is -0.367 e. The Morgan fingerprint density at radius 3 is 1.43 bits per heavy atom. The molecule has 242 valence electrons. The van der Waals surface area contributed by atoms with Crippen molar-refractivity contribution < 1.29 is 25.9 Å². The molecule has 0 heterocycles. The fourth-order valence-electron chi connectivity index (χ4n) is 5.50. The van der Waals surface area contributed by atoms with Gasteiger partial charge < -0.3 is 9.80 Å². The summed E-state index contributed by atoms with van der Waals surface area (Å²) in [6, 6.07) is 37.0. The summed E-state index contributed by atoms with van der Waals surface area (Å²) < 4.78 is 64.5. The van der Waals surface area contributed by atoms with E-state index in [2.05, 4.69) is 71.8 Å². The van der Waals surface area contributed by atoms with Crippen LogP contribution in [-0.4, -0.2) is 39.0 Å². The van der Waals surface area contributed by atoms with Gasteiger partial charge in [-0.05, 0) is 107 Å². The fraction of sp³-hybridized carbons (Fsp3) is 0.135. The van der Waals surface area contributed by atoms with Gasteiger partial charge in [0.1, 0.15) is 0 Å². The number of anilines is 3. The molecule has 0 aliphatic rings. The molecule has 0 bridgehead atoms. The summed E-state index contributed by atoms with van der Waals surface area (Å²) >= 11 is 0. The van der Waals surface area contributed by atoms with Crippen LogP contribution >= 0.6 is 0 Å².